The quantitative estimate of drug-likeness (QED) is 0.431. The van der Waals surface area contributed by atoms with Gasteiger partial charge in [-0.2, -0.15) is 13.2 Å². The molecule has 0 fully saturated rings. The van der Waals surface area contributed by atoms with E-state index in [0.717, 1.165) is 9.25 Å². The first-order valence-electron chi connectivity index (χ1n) is 9.42. The first-order valence-corrected chi connectivity index (χ1v) is 9.80. The Bertz CT molecular complexity index is 1330. The van der Waals surface area contributed by atoms with Crippen molar-refractivity contribution in [3.8, 4) is 17.1 Å². The number of halogens is 4. The van der Waals surface area contributed by atoms with Crippen molar-refractivity contribution in [3.63, 3.8) is 0 Å². The minimum Gasteiger partial charge on any atom is -0.397 e. The molecule has 0 aliphatic heterocycles. The number of nitrogens with two attached hydrogens (primary N) is 1. The fourth-order valence-electron chi connectivity index (χ4n) is 3.01. The Morgan fingerprint density at radius 2 is 1.88 bits per heavy atom. The molecule has 33 heavy (non-hydrogen) atoms. The van der Waals surface area contributed by atoms with Crippen LogP contribution in [0, 0.1) is 0 Å². The van der Waals surface area contributed by atoms with E-state index in [2.05, 4.69) is 20.2 Å². The number of nitrogens with zero attached hydrogens (tertiary/aromatic N) is 7. The molecule has 0 bridgehead atoms. The van der Waals surface area contributed by atoms with E-state index in [1.54, 1.807) is 6.07 Å². The second-order valence-electron chi connectivity index (χ2n) is 6.98. The van der Waals surface area contributed by atoms with Gasteiger partial charge in [-0.1, -0.05) is 11.6 Å². The van der Waals surface area contributed by atoms with Gasteiger partial charge in [0.15, 0.2) is 17.8 Å². The number of pyridine rings is 1. The van der Waals surface area contributed by atoms with Crippen LogP contribution in [0.25, 0.3) is 17.1 Å². The van der Waals surface area contributed by atoms with E-state index in [-0.39, 0.29) is 18.2 Å². The first-order chi connectivity index (χ1) is 15.6. The maximum atomic E-state index is 13.0. The van der Waals surface area contributed by atoms with Gasteiger partial charge in [0.05, 0.1) is 18.4 Å². The molecule has 1 atom stereocenters. The number of rotatable bonds is 6. The number of nitrogen functional groups attached to an aromatic ring is 1. The average molecular weight is 481 g/mol. The Kier molecular flexibility index (Phi) is 5.91. The molecule has 0 amide bonds. The molecule has 14 heteroatoms. The zero-order valence-electron chi connectivity index (χ0n) is 16.7. The molecule has 0 saturated carbocycles. The zero-order chi connectivity index (χ0) is 23.8. The SMILES string of the molecule is Nc1ccncc1-n1cnc(Cn2nc(-c3ccc(Cl)cc3)n(CC(O)C(F)(F)F)c2=O)n1. The van der Waals surface area contributed by atoms with Crippen LogP contribution in [0.4, 0.5) is 18.9 Å². The Labute approximate surface area is 188 Å². The summed E-state index contributed by atoms with van der Waals surface area (Å²) in [5, 5.41) is 18.3. The summed E-state index contributed by atoms with van der Waals surface area (Å²) in [6, 6.07) is 7.60. The van der Waals surface area contributed by atoms with E-state index in [4.69, 9.17) is 17.3 Å². The monoisotopic (exact) mass is 480 g/mol. The van der Waals surface area contributed by atoms with Gasteiger partial charge in [-0.15, -0.1) is 10.2 Å². The molecule has 0 aliphatic carbocycles. The number of anilines is 1. The highest BCUT2D eigenvalue weighted by Crippen LogP contribution is 2.24. The second kappa shape index (κ2) is 8.67. The molecule has 3 aromatic heterocycles. The molecule has 172 valence electrons. The molecule has 3 N–H and O–H groups in total. The number of hydrogen-bond acceptors (Lipinski definition) is 7. The lowest BCUT2D eigenvalue weighted by Crippen LogP contribution is -2.37. The van der Waals surface area contributed by atoms with Crippen LogP contribution in [0.15, 0.2) is 53.8 Å². The van der Waals surface area contributed by atoms with Crippen molar-refractivity contribution >= 4 is 17.3 Å². The van der Waals surface area contributed by atoms with Gasteiger partial charge in [0.2, 0.25) is 0 Å². The maximum absolute atomic E-state index is 13.0. The summed E-state index contributed by atoms with van der Waals surface area (Å²) in [6.07, 6.45) is -3.33. The van der Waals surface area contributed by atoms with Crippen LogP contribution in [-0.2, 0) is 13.1 Å². The third-order valence-corrected chi connectivity index (χ3v) is 4.92. The maximum Gasteiger partial charge on any atom is 0.416 e. The molecule has 1 unspecified atom stereocenters. The summed E-state index contributed by atoms with van der Waals surface area (Å²) in [4.78, 5) is 21.0. The highest BCUT2D eigenvalue weighted by molar-refractivity contribution is 6.30. The van der Waals surface area contributed by atoms with Crippen LogP contribution in [-0.4, -0.2) is 51.5 Å². The number of aromatic nitrogens is 7. The van der Waals surface area contributed by atoms with Crippen molar-refractivity contribution < 1.29 is 18.3 Å². The van der Waals surface area contributed by atoms with Crippen LogP contribution in [0.1, 0.15) is 5.82 Å². The number of hydrogen-bond donors (Lipinski definition) is 2. The van der Waals surface area contributed by atoms with Crippen LogP contribution in [0.2, 0.25) is 5.02 Å². The number of alkyl halides is 3. The molecule has 4 rings (SSSR count). The Morgan fingerprint density at radius 1 is 1.15 bits per heavy atom. The first kappa shape index (κ1) is 22.5. The fourth-order valence-corrected chi connectivity index (χ4v) is 3.13. The summed E-state index contributed by atoms with van der Waals surface area (Å²) >= 11 is 5.88. The molecule has 0 saturated heterocycles. The summed E-state index contributed by atoms with van der Waals surface area (Å²) in [5.74, 6) is 0.0833. The van der Waals surface area contributed by atoms with Gasteiger partial charge in [-0.05, 0) is 30.3 Å². The van der Waals surface area contributed by atoms with Crippen LogP contribution >= 0.6 is 11.6 Å². The summed E-state index contributed by atoms with van der Waals surface area (Å²) in [7, 11) is 0. The lowest BCUT2D eigenvalue weighted by molar-refractivity contribution is -0.207. The predicted octanol–water partition coefficient (Wildman–Crippen LogP) is 1.89. The van der Waals surface area contributed by atoms with Gasteiger partial charge in [-0.3, -0.25) is 9.55 Å². The lowest BCUT2D eigenvalue weighted by atomic mass is 10.2. The summed E-state index contributed by atoms with van der Waals surface area (Å²) in [5.41, 5.74) is 6.22. The molecule has 0 radical (unpaired) electrons. The molecule has 3 heterocycles. The van der Waals surface area contributed by atoms with E-state index < -0.39 is 24.5 Å². The van der Waals surface area contributed by atoms with E-state index in [9.17, 15) is 23.1 Å². The largest absolute Gasteiger partial charge is 0.416 e. The second-order valence-corrected chi connectivity index (χ2v) is 7.42. The van der Waals surface area contributed by atoms with Crippen molar-refractivity contribution in [2.24, 2.45) is 0 Å². The fraction of sp³-hybridized carbons (Fsp3) is 0.211. The van der Waals surface area contributed by atoms with E-state index >= 15 is 0 Å². The minimum absolute atomic E-state index is 0.0732. The van der Waals surface area contributed by atoms with Gasteiger partial charge >= 0.3 is 11.9 Å². The van der Waals surface area contributed by atoms with Gasteiger partial charge in [0.25, 0.3) is 0 Å². The zero-order valence-corrected chi connectivity index (χ0v) is 17.4. The molecular weight excluding hydrogens is 465 g/mol. The van der Waals surface area contributed by atoms with Crippen LogP contribution < -0.4 is 11.4 Å². The Hall–Kier alpha value is -3.71. The molecule has 0 aliphatic rings. The van der Waals surface area contributed by atoms with Gasteiger partial charge in [0, 0.05) is 16.8 Å². The molecule has 4 aromatic rings. The Balaban J connectivity index is 1.71. The van der Waals surface area contributed by atoms with Gasteiger partial charge in [-0.25, -0.2) is 19.1 Å². The van der Waals surface area contributed by atoms with Gasteiger partial charge in [0.1, 0.15) is 18.6 Å². The van der Waals surface area contributed by atoms with E-state index in [1.807, 2.05) is 0 Å². The molecular formula is C19H16ClF3N8O2. The third kappa shape index (κ3) is 4.73. The summed E-state index contributed by atoms with van der Waals surface area (Å²) < 4.78 is 41.9. The molecule has 0 spiro atoms. The number of aliphatic hydroxyl groups excluding tert-OH is 1. The van der Waals surface area contributed by atoms with Crippen LogP contribution in [0.5, 0.6) is 0 Å². The van der Waals surface area contributed by atoms with Crippen molar-refractivity contribution in [3.05, 3.63) is 70.4 Å². The van der Waals surface area contributed by atoms with Crippen molar-refractivity contribution in [2.45, 2.75) is 25.4 Å². The smallest absolute Gasteiger partial charge is 0.397 e. The Morgan fingerprint density at radius 3 is 2.55 bits per heavy atom. The van der Waals surface area contributed by atoms with Crippen LogP contribution in [0.3, 0.4) is 0 Å². The lowest BCUT2D eigenvalue weighted by Gasteiger charge is -2.15. The van der Waals surface area contributed by atoms with Crippen molar-refractivity contribution in [2.75, 3.05) is 5.73 Å². The molecule has 10 nitrogen and oxygen atoms in total. The van der Waals surface area contributed by atoms with Crippen molar-refractivity contribution in [1.29, 1.82) is 0 Å². The average Bonchev–Trinajstić information content (AvgIpc) is 3.34. The predicted molar refractivity (Wildman–Crippen MR) is 112 cm³/mol. The highest BCUT2D eigenvalue weighted by Gasteiger charge is 2.39. The normalized spacial score (nSPS) is 12.8. The number of benzene rings is 1. The topological polar surface area (TPSA) is 130 Å². The van der Waals surface area contributed by atoms with E-state index in [0.29, 0.717) is 22.0 Å². The minimum atomic E-state index is -4.91. The highest BCUT2D eigenvalue weighted by atomic mass is 35.5. The number of aliphatic hydroxyl groups is 1. The summed E-state index contributed by atoms with van der Waals surface area (Å²) in [6.45, 7) is -1.27. The van der Waals surface area contributed by atoms with Crippen molar-refractivity contribution in [1.82, 2.24) is 34.1 Å². The third-order valence-electron chi connectivity index (χ3n) is 4.67. The van der Waals surface area contributed by atoms with E-state index in [1.165, 1.54) is 47.7 Å². The standard InChI is InChI=1S/C19H16ClF3N8O2/c20-12-3-1-11(2-4-12)17-28-30(18(33)29(17)8-15(32)19(21,22)23)9-16-26-10-31(27-16)14-7-25-6-5-13(14)24/h1-7,10,15,32H,8-9H2,(H2,24,25). The molecule has 1 aromatic carbocycles. The van der Waals surface area contributed by atoms with Gasteiger partial charge < -0.3 is 10.8 Å².